The van der Waals surface area contributed by atoms with Crippen LogP contribution < -0.4 is 10.6 Å². The van der Waals surface area contributed by atoms with Crippen LogP contribution in [0.2, 0.25) is 0 Å². The molecule has 0 atom stereocenters. The SMILES string of the molecule is CN=C(NCc1ccc(C)c(F)c1)NC1CCN(C(C)C)CC1. The first-order valence-corrected chi connectivity index (χ1v) is 8.46. The Balaban J connectivity index is 1.81. The number of likely N-dealkylation sites (tertiary alicyclic amines) is 1. The molecule has 0 amide bonds. The van der Waals surface area contributed by atoms with E-state index in [-0.39, 0.29) is 5.82 Å². The van der Waals surface area contributed by atoms with Crippen molar-refractivity contribution < 1.29 is 4.39 Å². The van der Waals surface area contributed by atoms with Crippen LogP contribution in [0.15, 0.2) is 23.2 Å². The van der Waals surface area contributed by atoms with Crippen LogP contribution in [-0.4, -0.2) is 43.1 Å². The standard InChI is InChI=1S/C18H29FN4/c1-13(2)23-9-7-16(8-10-23)22-18(20-4)21-12-15-6-5-14(3)17(19)11-15/h5-6,11,13,16H,7-10,12H2,1-4H3,(H2,20,21,22). The van der Waals surface area contributed by atoms with Crippen molar-refractivity contribution in [1.82, 2.24) is 15.5 Å². The van der Waals surface area contributed by atoms with Gasteiger partial charge in [-0.2, -0.15) is 0 Å². The summed E-state index contributed by atoms with van der Waals surface area (Å²) in [7, 11) is 1.77. The van der Waals surface area contributed by atoms with Crippen LogP contribution in [0.5, 0.6) is 0 Å². The molecule has 5 heteroatoms. The molecule has 0 unspecified atom stereocenters. The van der Waals surface area contributed by atoms with Crippen LogP contribution >= 0.6 is 0 Å². The van der Waals surface area contributed by atoms with E-state index in [4.69, 9.17) is 0 Å². The van der Waals surface area contributed by atoms with E-state index >= 15 is 0 Å². The summed E-state index contributed by atoms with van der Waals surface area (Å²) in [5, 5.41) is 6.75. The van der Waals surface area contributed by atoms with Crippen molar-refractivity contribution in [3.8, 4) is 0 Å². The third-order valence-corrected chi connectivity index (χ3v) is 4.52. The topological polar surface area (TPSA) is 39.7 Å². The quantitative estimate of drug-likeness (QED) is 0.662. The minimum atomic E-state index is -0.159. The molecule has 1 heterocycles. The number of hydrogen-bond acceptors (Lipinski definition) is 2. The molecule has 1 aliphatic rings. The molecule has 1 saturated heterocycles. The van der Waals surface area contributed by atoms with Crippen LogP contribution in [0.3, 0.4) is 0 Å². The zero-order valence-corrected chi connectivity index (χ0v) is 14.7. The fourth-order valence-electron chi connectivity index (χ4n) is 2.88. The van der Waals surface area contributed by atoms with Crippen LogP contribution in [0, 0.1) is 12.7 Å². The van der Waals surface area contributed by atoms with Gasteiger partial charge in [-0.15, -0.1) is 0 Å². The monoisotopic (exact) mass is 320 g/mol. The summed E-state index contributed by atoms with van der Waals surface area (Å²) in [6, 6.07) is 6.40. The van der Waals surface area contributed by atoms with E-state index in [9.17, 15) is 4.39 Å². The first-order valence-electron chi connectivity index (χ1n) is 8.46. The Morgan fingerprint density at radius 3 is 2.61 bits per heavy atom. The van der Waals surface area contributed by atoms with Gasteiger partial charge in [0.15, 0.2) is 5.96 Å². The van der Waals surface area contributed by atoms with Gasteiger partial charge in [-0.05, 0) is 50.8 Å². The van der Waals surface area contributed by atoms with E-state index in [1.807, 2.05) is 12.1 Å². The van der Waals surface area contributed by atoms with Crippen molar-refractivity contribution >= 4 is 5.96 Å². The van der Waals surface area contributed by atoms with Gasteiger partial charge in [0.2, 0.25) is 0 Å². The normalized spacial score (nSPS) is 17.6. The van der Waals surface area contributed by atoms with E-state index < -0.39 is 0 Å². The average Bonchev–Trinajstić information content (AvgIpc) is 2.55. The van der Waals surface area contributed by atoms with Crippen molar-refractivity contribution in [2.75, 3.05) is 20.1 Å². The number of nitrogens with zero attached hydrogens (tertiary/aromatic N) is 2. The predicted octanol–water partition coefficient (Wildman–Crippen LogP) is 2.67. The van der Waals surface area contributed by atoms with E-state index in [2.05, 4.69) is 34.4 Å². The molecule has 0 radical (unpaired) electrons. The summed E-state index contributed by atoms with van der Waals surface area (Å²) in [5.41, 5.74) is 1.60. The third-order valence-electron chi connectivity index (χ3n) is 4.52. The first kappa shape index (κ1) is 17.7. The number of aryl methyl sites for hydroxylation is 1. The molecule has 0 spiro atoms. The largest absolute Gasteiger partial charge is 0.354 e. The highest BCUT2D eigenvalue weighted by Gasteiger charge is 2.21. The summed E-state index contributed by atoms with van der Waals surface area (Å²) in [4.78, 5) is 6.78. The molecule has 128 valence electrons. The van der Waals surface area contributed by atoms with E-state index in [0.717, 1.165) is 37.5 Å². The molecule has 2 rings (SSSR count). The molecule has 0 saturated carbocycles. The Morgan fingerprint density at radius 2 is 2.04 bits per heavy atom. The van der Waals surface area contributed by atoms with Gasteiger partial charge >= 0.3 is 0 Å². The van der Waals surface area contributed by atoms with E-state index in [1.165, 1.54) is 0 Å². The molecule has 1 aromatic carbocycles. The Morgan fingerprint density at radius 1 is 1.35 bits per heavy atom. The number of rotatable bonds is 4. The third kappa shape index (κ3) is 5.20. The maximum atomic E-state index is 13.6. The van der Waals surface area contributed by atoms with Crippen molar-refractivity contribution in [1.29, 1.82) is 0 Å². The fraction of sp³-hybridized carbons (Fsp3) is 0.611. The maximum Gasteiger partial charge on any atom is 0.191 e. The summed E-state index contributed by atoms with van der Waals surface area (Å²) < 4.78 is 13.6. The number of guanidine groups is 1. The summed E-state index contributed by atoms with van der Waals surface area (Å²) in [6.07, 6.45) is 2.25. The van der Waals surface area contributed by atoms with Gasteiger partial charge < -0.3 is 15.5 Å². The molecular weight excluding hydrogens is 291 g/mol. The smallest absolute Gasteiger partial charge is 0.191 e. The van der Waals surface area contributed by atoms with E-state index in [0.29, 0.717) is 24.2 Å². The van der Waals surface area contributed by atoms with Crippen molar-refractivity contribution in [3.63, 3.8) is 0 Å². The van der Waals surface area contributed by atoms with Gasteiger partial charge in [0.25, 0.3) is 0 Å². The van der Waals surface area contributed by atoms with Gasteiger partial charge in [-0.25, -0.2) is 4.39 Å². The highest BCUT2D eigenvalue weighted by molar-refractivity contribution is 5.79. The van der Waals surface area contributed by atoms with Crippen molar-refractivity contribution in [2.45, 2.75) is 52.2 Å². The van der Waals surface area contributed by atoms with Gasteiger partial charge in [-0.1, -0.05) is 12.1 Å². The zero-order chi connectivity index (χ0) is 16.8. The minimum Gasteiger partial charge on any atom is -0.354 e. The molecular formula is C18H29FN4. The lowest BCUT2D eigenvalue weighted by Crippen LogP contribution is -2.49. The van der Waals surface area contributed by atoms with Gasteiger partial charge in [-0.3, -0.25) is 4.99 Å². The van der Waals surface area contributed by atoms with Crippen molar-refractivity contribution in [2.24, 2.45) is 4.99 Å². The number of halogens is 1. The summed E-state index contributed by atoms with van der Waals surface area (Å²) in [5.74, 6) is 0.627. The van der Waals surface area contributed by atoms with Gasteiger partial charge in [0.05, 0.1) is 0 Å². The molecule has 0 aliphatic carbocycles. The van der Waals surface area contributed by atoms with Gasteiger partial charge in [0, 0.05) is 38.8 Å². The molecule has 0 bridgehead atoms. The molecule has 1 fully saturated rings. The maximum absolute atomic E-state index is 13.6. The number of aliphatic imine (C=N–C) groups is 1. The lowest BCUT2D eigenvalue weighted by Gasteiger charge is -2.35. The van der Waals surface area contributed by atoms with Gasteiger partial charge in [0.1, 0.15) is 5.82 Å². The molecule has 1 aromatic rings. The Hall–Kier alpha value is -1.62. The number of hydrogen-bond donors (Lipinski definition) is 2. The second-order valence-corrected chi connectivity index (χ2v) is 6.56. The van der Waals surface area contributed by atoms with Crippen LogP contribution in [0.4, 0.5) is 4.39 Å². The highest BCUT2D eigenvalue weighted by atomic mass is 19.1. The first-order chi connectivity index (χ1) is 11.0. The average molecular weight is 320 g/mol. The second kappa shape index (κ2) is 8.29. The van der Waals surface area contributed by atoms with Crippen LogP contribution in [0.25, 0.3) is 0 Å². The number of benzene rings is 1. The Labute approximate surface area is 139 Å². The predicted molar refractivity (Wildman–Crippen MR) is 94.2 cm³/mol. The van der Waals surface area contributed by atoms with Crippen LogP contribution in [0.1, 0.15) is 37.8 Å². The molecule has 0 aromatic heterocycles. The van der Waals surface area contributed by atoms with Crippen LogP contribution in [-0.2, 0) is 6.54 Å². The zero-order valence-electron chi connectivity index (χ0n) is 14.7. The molecule has 1 aliphatic heterocycles. The highest BCUT2D eigenvalue weighted by Crippen LogP contribution is 2.13. The second-order valence-electron chi connectivity index (χ2n) is 6.56. The number of nitrogens with one attached hydrogen (secondary N) is 2. The minimum absolute atomic E-state index is 0.159. The summed E-state index contributed by atoms with van der Waals surface area (Å²) >= 11 is 0. The van der Waals surface area contributed by atoms with E-state index in [1.54, 1.807) is 20.0 Å². The molecule has 2 N–H and O–H groups in total. The summed E-state index contributed by atoms with van der Waals surface area (Å²) in [6.45, 7) is 9.08. The fourth-order valence-corrected chi connectivity index (χ4v) is 2.88. The molecule has 23 heavy (non-hydrogen) atoms. The lowest BCUT2D eigenvalue weighted by atomic mass is 10.0. The van der Waals surface area contributed by atoms with Crippen molar-refractivity contribution in [3.05, 3.63) is 35.1 Å². The number of piperidine rings is 1. The Kier molecular flexibility index (Phi) is 6.39. The lowest BCUT2D eigenvalue weighted by molar-refractivity contribution is 0.167. The molecule has 4 nitrogen and oxygen atoms in total. The Bertz CT molecular complexity index is 534.